The Hall–Kier alpha value is -1.81. The van der Waals surface area contributed by atoms with Gasteiger partial charge in [0, 0.05) is 39.2 Å². The molecule has 1 heterocycles. The maximum absolute atomic E-state index is 10.2. The first-order valence-electron chi connectivity index (χ1n) is 5.52. The Morgan fingerprint density at radius 2 is 1.88 bits per heavy atom. The van der Waals surface area contributed by atoms with Gasteiger partial charge in [-0.1, -0.05) is 12.1 Å². The molecule has 90 valence electrons. The molecule has 0 amide bonds. The third-order valence-electron chi connectivity index (χ3n) is 2.83. The van der Waals surface area contributed by atoms with Crippen molar-refractivity contribution in [1.82, 2.24) is 9.55 Å². The van der Waals surface area contributed by atoms with Crippen LogP contribution < -0.4 is 4.90 Å². The van der Waals surface area contributed by atoms with Crippen molar-refractivity contribution in [3.05, 3.63) is 48.0 Å². The van der Waals surface area contributed by atoms with Gasteiger partial charge in [0.1, 0.15) is 11.9 Å². The Kier molecular flexibility index (Phi) is 3.15. The average Bonchev–Trinajstić information content (AvgIpc) is 2.74. The van der Waals surface area contributed by atoms with Gasteiger partial charge in [-0.2, -0.15) is 0 Å². The normalized spacial score (nSPS) is 12.5. The Bertz CT molecular complexity index is 488. The molecule has 0 aliphatic heterocycles. The smallest absolute Gasteiger partial charge is 0.142 e. The monoisotopic (exact) mass is 231 g/mol. The molecule has 4 heteroatoms. The van der Waals surface area contributed by atoms with Crippen molar-refractivity contribution < 1.29 is 5.11 Å². The SMILES string of the molecule is CN(C)c1ccc([C@@H](O)c2nccn2C)cc1. The molecule has 4 nitrogen and oxygen atoms in total. The number of aliphatic hydroxyl groups is 1. The third kappa shape index (κ3) is 2.31. The average molecular weight is 231 g/mol. The molecule has 1 atom stereocenters. The van der Waals surface area contributed by atoms with E-state index in [4.69, 9.17) is 0 Å². The molecule has 1 aromatic carbocycles. The van der Waals surface area contributed by atoms with E-state index in [2.05, 4.69) is 4.98 Å². The second kappa shape index (κ2) is 4.59. The van der Waals surface area contributed by atoms with E-state index >= 15 is 0 Å². The predicted octanol–water partition coefficient (Wildman–Crippen LogP) is 1.57. The molecule has 0 fully saturated rings. The van der Waals surface area contributed by atoms with Crippen LogP contribution in [0.4, 0.5) is 5.69 Å². The first kappa shape index (κ1) is 11.7. The predicted molar refractivity (Wildman–Crippen MR) is 68.0 cm³/mol. The number of imidazole rings is 1. The van der Waals surface area contributed by atoms with E-state index < -0.39 is 6.10 Å². The topological polar surface area (TPSA) is 41.3 Å². The summed E-state index contributed by atoms with van der Waals surface area (Å²) < 4.78 is 1.82. The van der Waals surface area contributed by atoms with Crippen LogP contribution in [0.3, 0.4) is 0 Å². The van der Waals surface area contributed by atoms with Crippen molar-refractivity contribution in [3.63, 3.8) is 0 Å². The van der Waals surface area contributed by atoms with Crippen LogP contribution in [0.5, 0.6) is 0 Å². The lowest BCUT2D eigenvalue weighted by Crippen LogP contribution is -2.10. The molecular formula is C13H17N3O. The van der Waals surface area contributed by atoms with Gasteiger partial charge in [0.25, 0.3) is 0 Å². The van der Waals surface area contributed by atoms with Crippen molar-refractivity contribution in [2.75, 3.05) is 19.0 Å². The Labute approximate surface area is 101 Å². The first-order valence-corrected chi connectivity index (χ1v) is 5.52. The summed E-state index contributed by atoms with van der Waals surface area (Å²) in [7, 11) is 5.86. The molecule has 0 aliphatic rings. The number of aliphatic hydroxyl groups excluding tert-OH is 1. The fraction of sp³-hybridized carbons (Fsp3) is 0.308. The van der Waals surface area contributed by atoms with Gasteiger partial charge < -0.3 is 14.6 Å². The molecule has 17 heavy (non-hydrogen) atoms. The Balaban J connectivity index is 2.26. The fourth-order valence-corrected chi connectivity index (χ4v) is 1.74. The standard InChI is InChI=1S/C13H17N3O/c1-15(2)11-6-4-10(5-7-11)12(17)13-14-8-9-16(13)3/h4-9,12,17H,1-3H3/t12-/m1/s1. The van der Waals surface area contributed by atoms with Crippen molar-refractivity contribution in [1.29, 1.82) is 0 Å². The van der Waals surface area contributed by atoms with Crippen LogP contribution in [0.15, 0.2) is 36.7 Å². The van der Waals surface area contributed by atoms with Gasteiger partial charge in [0.2, 0.25) is 0 Å². The molecule has 0 saturated carbocycles. The number of benzene rings is 1. The van der Waals surface area contributed by atoms with Gasteiger partial charge in [0.15, 0.2) is 0 Å². The Morgan fingerprint density at radius 1 is 1.24 bits per heavy atom. The van der Waals surface area contributed by atoms with Crippen LogP contribution in [0, 0.1) is 0 Å². The maximum atomic E-state index is 10.2. The summed E-state index contributed by atoms with van der Waals surface area (Å²) >= 11 is 0. The van der Waals surface area contributed by atoms with E-state index in [1.54, 1.807) is 6.20 Å². The number of aryl methyl sites for hydroxylation is 1. The van der Waals surface area contributed by atoms with Crippen LogP contribution in [0.1, 0.15) is 17.5 Å². The molecule has 2 aromatic rings. The second-order valence-electron chi connectivity index (χ2n) is 4.28. The van der Waals surface area contributed by atoms with Gasteiger partial charge in [0.05, 0.1) is 0 Å². The van der Waals surface area contributed by atoms with Crippen LogP contribution in [-0.2, 0) is 7.05 Å². The summed E-state index contributed by atoms with van der Waals surface area (Å²) in [6.45, 7) is 0. The van der Waals surface area contributed by atoms with Crippen LogP contribution in [0.2, 0.25) is 0 Å². The van der Waals surface area contributed by atoms with Crippen molar-refractivity contribution in [2.45, 2.75) is 6.10 Å². The van der Waals surface area contributed by atoms with Crippen LogP contribution in [0.25, 0.3) is 0 Å². The molecule has 0 spiro atoms. The summed E-state index contributed by atoms with van der Waals surface area (Å²) in [5, 5.41) is 10.2. The highest BCUT2D eigenvalue weighted by Gasteiger charge is 2.14. The maximum Gasteiger partial charge on any atom is 0.142 e. The van der Waals surface area contributed by atoms with Crippen LogP contribution in [-0.4, -0.2) is 28.8 Å². The summed E-state index contributed by atoms with van der Waals surface area (Å²) in [5.41, 5.74) is 1.96. The minimum atomic E-state index is -0.675. The molecule has 0 unspecified atom stereocenters. The van der Waals surface area contributed by atoms with E-state index in [9.17, 15) is 5.11 Å². The molecular weight excluding hydrogens is 214 g/mol. The lowest BCUT2D eigenvalue weighted by Gasteiger charge is -2.15. The highest BCUT2D eigenvalue weighted by atomic mass is 16.3. The van der Waals surface area contributed by atoms with E-state index in [-0.39, 0.29) is 0 Å². The zero-order valence-corrected chi connectivity index (χ0v) is 10.3. The lowest BCUT2D eigenvalue weighted by molar-refractivity contribution is 0.206. The Morgan fingerprint density at radius 3 is 2.35 bits per heavy atom. The fourth-order valence-electron chi connectivity index (χ4n) is 1.74. The number of anilines is 1. The van der Waals surface area contributed by atoms with Crippen molar-refractivity contribution in [3.8, 4) is 0 Å². The van der Waals surface area contributed by atoms with Crippen molar-refractivity contribution in [2.24, 2.45) is 7.05 Å². The molecule has 2 rings (SSSR count). The molecule has 0 saturated heterocycles. The molecule has 0 radical (unpaired) electrons. The van der Waals surface area contributed by atoms with Gasteiger partial charge in [-0.25, -0.2) is 4.98 Å². The van der Waals surface area contributed by atoms with Gasteiger partial charge >= 0.3 is 0 Å². The molecule has 1 N–H and O–H groups in total. The highest BCUT2D eigenvalue weighted by molar-refractivity contribution is 5.46. The number of hydrogen-bond acceptors (Lipinski definition) is 3. The number of nitrogens with zero attached hydrogens (tertiary/aromatic N) is 3. The van der Waals surface area contributed by atoms with Gasteiger partial charge in [-0.3, -0.25) is 0 Å². The van der Waals surface area contributed by atoms with Crippen molar-refractivity contribution >= 4 is 5.69 Å². The third-order valence-corrected chi connectivity index (χ3v) is 2.83. The number of hydrogen-bond donors (Lipinski definition) is 1. The molecule has 1 aromatic heterocycles. The quantitative estimate of drug-likeness (QED) is 0.871. The second-order valence-corrected chi connectivity index (χ2v) is 4.28. The lowest BCUT2D eigenvalue weighted by atomic mass is 10.1. The summed E-state index contributed by atoms with van der Waals surface area (Å²) in [6.07, 6.45) is 2.84. The van der Waals surface area contributed by atoms with E-state index in [0.29, 0.717) is 5.82 Å². The minimum absolute atomic E-state index is 0.655. The summed E-state index contributed by atoms with van der Waals surface area (Å²) in [5.74, 6) is 0.655. The first-order chi connectivity index (χ1) is 8.09. The largest absolute Gasteiger partial charge is 0.380 e. The molecule has 0 bridgehead atoms. The van der Waals surface area contributed by atoms with Crippen LogP contribution >= 0.6 is 0 Å². The zero-order chi connectivity index (χ0) is 12.4. The number of rotatable bonds is 3. The summed E-state index contributed by atoms with van der Waals surface area (Å²) in [6, 6.07) is 7.83. The minimum Gasteiger partial charge on any atom is -0.380 e. The van der Waals surface area contributed by atoms with E-state index in [1.807, 2.05) is 61.1 Å². The van der Waals surface area contributed by atoms with E-state index in [1.165, 1.54) is 0 Å². The summed E-state index contributed by atoms with van der Waals surface area (Å²) in [4.78, 5) is 6.18. The van der Waals surface area contributed by atoms with Gasteiger partial charge in [-0.05, 0) is 17.7 Å². The highest BCUT2D eigenvalue weighted by Crippen LogP contribution is 2.22. The molecule has 0 aliphatic carbocycles. The van der Waals surface area contributed by atoms with E-state index in [0.717, 1.165) is 11.3 Å². The number of aromatic nitrogens is 2. The zero-order valence-electron chi connectivity index (χ0n) is 10.3. The van der Waals surface area contributed by atoms with Gasteiger partial charge in [-0.15, -0.1) is 0 Å².